The van der Waals surface area contributed by atoms with Gasteiger partial charge in [-0.15, -0.1) is 0 Å². The van der Waals surface area contributed by atoms with Gasteiger partial charge in [-0.25, -0.2) is 8.42 Å². The first-order valence-electron chi connectivity index (χ1n) is 8.41. The Kier molecular flexibility index (Phi) is 5.68. The van der Waals surface area contributed by atoms with E-state index in [0.717, 1.165) is 12.1 Å². The van der Waals surface area contributed by atoms with Gasteiger partial charge in [0.25, 0.3) is 10.0 Å². The van der Waals surface area contributed by atoms with Crippen molar-refractivity contribution in [2.24, 2.45) is 0 Å². The fourth-order valence-electron chi connectivity index (χ4n) is 2.99. The number of carbonyl (C=O) groups is 1. The number of sulfonamides is 1. The summed E-state index contributed by atoms with van der Waals surface area (Å²) in [5.74, 6) is 0.0875. The molecule has 0 aliphatic carbocycles. The van der Waals surface area contributed by atoms with E-state index >= 15 is 0 Å². The molecule has 0 spiro atoms. The van der Waals surface area contributed by atoms with Crippen LogP contribution in [0.3, 0.4) is 0 Å². The van der Waals surface area contributed by atoms with Gasteiger partial charge in [-0.1, -0.05) is 11.6 Å². The average molecular weight is 449 g/mol. The lowest BCUT2D eigenvalue weighted by Gasteiger charge is -2.20. The minimum absolute atomic E-state index is 0.181. The van der Waals surface area contributed by atoms with Gasteiger partial charge in [0.15, 0.2) is 0 Å². The average Bonchev–Trinajstić information content (AvgIpc) is 3.07. The van der Waals surface area contributed by atoms with Crippen LogP contribution in [-0.4, -0.2) is 28.0 Å². The van der Waals surface area contributed by atoms with Crippen molar-refractivity contribution in [3.05, 3.63) is 47.0 Å². The minimum Gasteiger partial charge on any atom is -0.495 e. The van der Waals surface area contributed by atoms with E-state index in [2.05, 4.69) is 0 Å². The van der Waals surface area contributed by atoms with Gasteiger partial charge in [-0.05, 0) is 42.8 Å². The number of hydrogen-bond donors (Lipinski definition) is 1. The highest BCUT2D eigenvalue weighted by Crippen LogP contribution is 2.38. The number of nitrogens with zero attached hydrogens (tertiary/aromatic N) is 1. The van der Waals surface area contributed by atoms with Crippen LogP contribution in [0, 0.1) is 0 Å². The zero-order chi connectivity index (χ0) is 21.4. The van der Waals surface area contributed by atoms with E-state index in [1.807, 2.05) is 4.72 Å². The molecule has 29 heavy (non-hydrogen) atoms. The first kappa shape index (κ1) is 21.3. The summed E-state index contributed by atoms with van der Waals surface area (Å²) in [5.41, 5.74) is -1.63. The number of halogens is 4. The molecule has 1 aliphatic heterocycles. The van der Waals surface area contributed by atoms with Crippen LogP contribution in [0.2, 0.25) is 5.02 Å². The van der Waals surface area contributed by atoms with Gasteiger partial charge in [-0.3, -0.25) is 9.52 Å². The minimum atomic E-state index is -4.81. The highest BCUT2D eigenvalue weighted by Gasteiger charge is 2.35. The van der Waals surface area contributed by atoms with Gasteiger partial charge < -0.3 is 9.64 Å². The Morgan fingerprint density at radius 2 is 1.90 bits per heavy atom. The van der Waals surface area contributed by atoms with Gasteiger partial charge in [0.05, 0.1) is 28.9 Å². The van der Waals surface area contributed by atoms with Crippen LogP contribution < -0.4 is 14.4 Å². The Balaban J connectivity index is 2.02. The number of methoxy groups -OCH3 is 1. The molecular weight excluding hydrogens is 433 g/mol. The molecule has 11 heteroatoms. The van der Waals surface area contributed by atoms with Crippen molar-refractivity contribution < 1.29 is 31.1 Å². The molecule has 1 aliphatic rings. The maximum Gasteiger partial charge on any atom is 0.418 e. The van der Waals surface area contributed by atoms with E-state index < -0.39 is 27.5 Å². The topological polar surface area (TPSA) is 75.7 Å². The van der Waals surface area contributed by atoms with Crippen molar-refractivity contribution in [2.75, 3.05) is 23.3 Å². The number of nitrogens with one attached hydrogen (secondary N) is 1. The molecule has 0 radical (unpaired) electrons. The summed E-state index contributed by atoms with van der Waals surface area (Å²) in [6, 6.07) is 6.47. The molecule has 1 amide bonds. The Labute approximate surface area is 170 Å². The number of rotatable bonds is 5. The van der Waals surface area contributed by atoms with Gasteiger partial charge in [0.2, 0.25) is 5.91 Å². The van der Waals surface area contributed by atoms with E-state index in [0.29, 0.717) is 25.5 Å². The van der Waals surface area contributed by atoms with Gasteiger partial charge in [-0.2, -0.15) is 13.2 Å². The predicted molar refractivity (Wildman–Crippen MR) is 102 cm³/mol. The number of benzene rings is 2. The fourth-order valence-corrected chi connectivity index (χ4v) is 4.27. The van der Waals surface area contributed by atoms with E-state index in [4.69, 9.17) is 16.3 Å². The molecule has 3 rings (SSSR count). The van der Waals surface area contributed by atoms with Crippen molar-refractivity contribution in [1.29, 1.82) is 0 Å². The Morgan fingerprint density at radius 3 is 2.48 bits per heavy atom. The normalized spacial score (nSPS) is 14.9. The zero-order valence-electron chi connectivity index (χ0n) is 15.1. The third-order valence-corrected chi connectivity index (χ3v) is 5.95. The van der Waals surface area contributed by atoms with Crippen LogP contribution in [0.25, 0.3) is 0 Å². The molecular formula is C18H16ClF3N2O4S. The molecule has 156 valence electrons. The molecule has 2 aromatic rings. The second kappa shape index (κ2) is 7.75. The lowest BCUT2D eigenvalue weighted by Crippen LogP contribution is -2.25. The highest BCUT2D eigenvalue weighted by atomic mass is 35.5. The third-order valence-electron chi connectivity index (χ3n) is 4.36. The van der Waals surface area contributed by atoms with Crippen LogP contribution in [0.1, 0.15) is 18.4 Å². The molecule has 0 aromatic heterocycles. The highest BCUT2D eigenvalue weighted by molar-refractivity contribution is 7.92. The number of amides is 1. The Hall–Kier alpha value is -2.46. The van der Waals surface area contributed by atoms with E-state index in [-0.39, 0.29) is 27.3 Å². The lowest BCUT2D eigenvalue weighted by atomic mass is 10.2. The smallest absolute Gasteiger partial charge is 0.418 e. The summed E-state index contributed by atoms with van der Waals surface area (Å²) in [4.78, 5) is 13.1. The summed E-state index contributed by atoms with van der Waals surface area (Å²) in [5, 5.41) is -0.181. The SMILES string of the molecule is COc1ccc(S(=O)(=O)Nc2ccc(Cl)cc2C(F)(F)F)cc1N1CCCC1=O. The number of alkyl halides is 3. The predicted octanol–water partition coefficient (Wildman–Crippen LogP) is 4.30. The van der Waals surface area contributed by atoms with Crippen molar-refractivity contribution in [3.63, 3.8) is 0 Å². The van der Waals surface area contributed by atoms with Crippen molar-refractivity contribution in [1.82, 2.24) is 0 Å². The first-order valence-corrected chi connectivity index (χ1v) is 10.3. The summed E-state index contributed by atoms with van der Waals surface area (Å²) >= 11 is 5.62. The van der Waals surface area contributed by atoms with Gasteiger partial charge in [0, 0.05) is 18.0 Å². The standard InChI is InChI=1S/C18H16ClF3N2O4S/c1-28-16-7-5-12(10-15(16)24-8-2-3-17(24)25)29(26,27)23-14-6-4-11(19)9-13(14)18(20,21)22/h4-7,9-10,23H,2-3,8H2,1H3. The second-order valence-corrected chi connectivity index (χ2v) is 8.39. The molecule has 0 bridgehead atoms. The largest absolute Gasteiger partial charge is 0.495 e. The van der Waals surface area contributed by atoms with Crippen LogP contribution in [0.5, 0.6) is 5.75 Å². The zero-order valence-corrected chi connectivity index (χ0v) is 16.7. The molecule has 0 saturated carbocycles. The van der Waals surface area contributed by atoms with Crippen LogP contribution >= 0.6 is 11.6 Å². The molecule has 1 heterocycles. The number of carbonyl (C=O) groups excluding carboxylic acids is 1. The molecule has 0 unspecified atom stereocenters. The van der Waals surface area contributed by atoms with Gasteiger partial charge in [0.1, 0.15) is 5.75 Å². The van der Waals surface area contributed by atoms with Gasteiger partial charge >= 0.3 is 6.18 Å². The first-order chi connectivity index (χ1) is 13.5. The van der Waals surface area contributed by atoms with Crippen LogP contribution in [0.15, 0.2) is 41.3 Å². The van der Waals surface area contributed by atoms with E-state index in [1.54, 1.807) is 0 Å². The second-order valence-electron chi connectivity index (χ2n) is 6.28. The van der Waals surface area contributed by atoms with Crippen LogP contribution in [-0.2, 0) is 21.0 Å². The maximum atomic E-state index is 13.3. The summed E-state index contributed by atoms with van der Waals surface area (Å²) in [7, 11) is -3.02. The molecule has 0 atom stereocenters. The van der Waals surface area contributed by atoms with Crippen molar-refractivity contribution in [3.8, 4) is 5.75 Å². The number of anilines is 2. The number of hydrogen-bond acceptors (Lipinski definition) is 4. The molecule has 1 saturated heterocycles. The lowest BCUT2D eigenvalue weighted by molar-refractivity contribution is -0.136. The third kappa shape index (κ3) is 4.43. The molecule has 2 aromatic carbocycles. The monoisotopic (exact) mass is 448 g/mol. The van der Waals surface area contributed by atoms with E-state index in [1.165, 1.54) is 30.2 Å². The summed E-state index contributed by atoms with van der Waals surface area (Å²) in [6.45, 7) is 0.390. The number of ether oxygens (including phenoxy) is 1. The summed E-state index contributed by atoms with van der Waals surface area (Å²) < 4.78 is 72.5. The summed E-state index contributed by atoms with van der Waals surface area (Å²) in [6.07, 6.45) is -3.88. The molecule has 6 nitrogen and oxygen atoms in total. The molecule has 1 N–H and O–H groups in total. The van der Waals surface area contributed by atoms with Crippen molar-refractivity contribution in [2.45, 2.75) is 23.9 Å². The van der Waals surface area contributed by atoms with E-state index in [9.17, 15) is 26.4 Å². The maximum absolute atomic E-state index is 13.3. The molecule has 1 fully saturated rings. The fraction of sp³-hybridized carbons (Fsp3) is 0.278. The Morgan fingerprint density at radius 1 is 1.17 bits per heavy atom. The Bertz CT molecular complexity index is 1060. The van der Waals surface area contributed by atoms with Crippen molar-refractivity contribution >= 4 is 38.9 Å². The van der Waals surface area contributed by atoms with Crippen LogP contribution in [0.4, 0.5) is 24.5 Å². The quantitative estimate of drug-likeness (QED) is 0.740.